The smallest absolute Gasteiger partial charge is 0.220 e. The first-order valence-electron chi connectivity index (χ1n) is 14.5. The van der Waals surface area contributed by atoms with Crippen LogP contribution in [-0.2, 0) is 16.6 Å². The Morgan fingerprint density at radius 3 is 2.44 bits per heavy atom. The Labute approximate surface area is 217 Å². The number of anilines is 1. The molecule has 0 saturated heterocycles. The number of nitrogens with zero attached hydrogens (tertiary/aromatic N) is 1. The van der Waals surface area contributed by atoms with Crippen LogP contribution in [0.25, 0.3) is 0 Å². The molecule has 8 atom stereocenters. The standard InChI is InChI=1S/C31H48N4O/c1-27(2)14-18-17(19(15-27)26(33)36)10-12-30(6)21(18)8-9-23-29(5)16-20-24(34-35-25(20)32)28(3,4)22(29)11-13-31(23,30)7/h8,17-19,22-23H,9-16H2,1-7H3,(H2,33,36)(H3,32,34,35)/t17-,18?,19+,22?,23?,29-,30+,31+/m0/s1. The highest BCUT2D eigenvalue weighted by atomic mass is 16.1. The average Bonchev–Trinajstić information content (AvgIpc) is 3.13. The minimum absolute atomic E-state index is 0.0182. The molecule has 1 heterocycles. The van der Waals surface area contributed by atoms with E-state index in [0.717, 1.165) is 25.7 Å². The molecule has 0 radical (unpaired) electrons. The number of fused-ring (bicyclic) bond motifs is 8. The number of aromatic amines is 1. The molecule has 0 aromatic carbocycles. The Morgan fingerprint density at radius 2 is 1.75 bits per heavy atom. The molecule has 0 bridgehead atoms. The summed E-state index contributed by atoms with van der Waals surface area (Å²) in [6.07, 6.45) is 11.8. The van der Waals surface area contributed by atoms with Crippen molar-refractivity contribution in [3.63, 3.8) is 0 Å². The van der Waals surface area contributed by atoms with Gasteiger partial charge in [0.1, 0.15) is 5.82 Å². The number of nitrogens with one attached hydrogen (secondary N) is 1. The minimum Gasteiger partial charge on any atom is -0.382 e. The van der Waals surface area contributed by atoms with Crippen molar-refractivity contribution >= 4 is 11.7 Å². The van der Waals surface area contributed by atoms with Crippen molar-refractivity contribution in [2.24, 2.45) is 57.0 Å². The van der Waals surface area contributed by atoms with Gasteiger partial charge in [-0.15, -0.1) is 0 Å². The summed E-state index contributed by atoms with van der Waals surface area (Å²) in [5.41, 5.74) is 17.5. The van der Waals surface area contributed by atoms with Crippen LogP contribution in [0.3, 0.4) is 0 Å². The molecule has 5 nitrogen and oxygen atoms in total. The fraction of sp³-hybridized carbons (Fsp3) is 0.806. The van der Waals surface area contributed by atoms with E-state index < -0.39 is 0 Å². The van der Waals surface area contributed by atoms with E-state index in [1.54, 1.807) is 5.57 Å². The molecule has 5 N–H and O–H groups in total. The maximum absolute atomic E-state index is 12.6. The Bertz CT molecular complexity index is 1150. The normalized spacial score (nSPS) is 46.3. The van der Waals surface area contributed by atoms with E-state index in [-0.39, 0.29) is 38.9 Å². The van der Waals surface area contributed by atoms with E-state index in [2.05, 4.69) is 64.7 Å². The lowest BCUT2D eigenvalue weighted by Gasteiger charge is -2.70. The molecule has 198 valence electrons. The number of primary amides is 1. The highest BCUT2D eigenvalue weighted by molar-refractivity contribution is 5.77. The number of aromatic nitrogens is 2. The van der Waals surface area contributed by atoms with Crippen LogP contribution >= 0.6 is 0 Å². The summed E-state index contributed by atoms with van der Waals surface area (Å²) in [7, 11) is 0. The van der Waals surface area contributed by atoms with Gasteiger partial charge < -0.3 is 11.5 Å². The SMILES string of the molecule is CC1(C)CC2C3=CCC4[C@@]5(C)Cc6c(N)n[nH]c6C(C)(C)C5CC[C@@]4(C)[C@]3(C)CC[C@@H]2[C@H](C(N)=O)C1. The summed E-state index contributed by atoms with van der Waals surface area (Å²) in [6, 6.07) is 0. The van der Waals surface area contributed by atoms with Crippen molar-refractivity contribution in [1.82, 2.24) is 10.2 Å². The number of carbonyl (C=O) groups is 1. The second-order valence-electron chi connectivity index (χ2n) is 15.5. The van der Waals surface area contributed by atoms with Crippen molar-refractivity contribution in [2.45, 2.75) is 105 Å². The van der Waals surface area contributed by atoms with Gasteiger partial charge in [0.2, 0.25) is 5.91 Å². The van der Waals surface area contributed by atoms with Crippen LogP contribution in [0.2, 0.25) is 0 Å². The zero-order chi connectivity index (χ0) is 26.1. The van der Waals surface area contributed by atoms with Crippen LogP contribution in [0.4, 0.5) is 5.82 Å². The molecule has 5 heteroatoms. The lowest BCUT2D eigenvalue weighted by atomic mass is 9.34. The van der Waals surface area contributed by atoms with Gasteiger partial charge in [-0.3, -0.25) is 9.89 Å². The number of hydrogen-bond acceptors (Lipinski definition) is 3. The molecule has 5 aliphatic carbocycles. The van der Waals surface area contributed by atoms with Gasteiger partial charge in [0, 0.05) is 22.6 Å². The number of rotatable bonds is 1. The van der Waals surface area contributed by atoms with Gasteiger partial charge in [-0.2, -0.15) is 5.10 Å². The average molecular weight is 493 g/mol. The maximum Gasteiger partial charge on any atom is 0.220 e. The Kier molecular flexibility index (Phi) is 4.91. The van der Waals surface area contributed by atoms with Crippen molar-refractivity contribution in [2.75, 3.05) is 5.73 Å². The van der Waals surface area contributed by atoms with Gasteiger partial charge in [-0.1, -0.05) is 60.1 Å². The molecule has 3 fully saturated rings. The third kappa shape index (κ3) is 2.89. The molecule has 0 aliphatic heterocycles. The molecule has 1 aromatic heterocycles. The van der Waals surface area contributed by atoms with E-state index in [0.29, 0.717) is 29.5 Å². The van der Waals surface area contributed by atoms with Crippen LogP contribution in [-0.4, -0.2) is 16.1 Å². The van der Waals surface area contributed by atoms with Gasteiger partial charge in [0.15, 0.2) is 0 Å². The van der Waals surface area contributed by atoms with Crippen molar-refractivity contribution in [3.8, 4) is 0 Å². The number of carbonyl (C=O) groups excluding carboxylic acids is 1. The number of amides is 1. The van der Waals surface area contributed by atoms with Crippen LogP contribution < -0.4 is 11.5 Å². The van der Waals surface area contributed by atoms with Crippen molar-refractivity contribution in [1.29, 1.82) is 0 Å². The summed E-state index contributed by atoms with van der Waals surface area (Å²) in [5, 5.41) is 7.79. The van der Waals surface area contributed by atoms with Crippen LogP contribution in [0.1, 0.15) is 105 Å². The number of H-pyrrole nitrogens is 1. The van der Waals surface area contributed by atoms with Gasteiger partial charge in [-0.05, 0) is 96.7 Å². The third-order valence-electron chi connectivity index (χ3n) is 13.1. The molecule has 6 rings (SSSR count). The highest BCUT2D eigenvalue weighted by Crippen LogP contribution is 2.74. The van der Waals surface area contributed by atoms with Gasteiger partial charge >= 0.3 is 0 Å². The number of allylic oxidation sites excluding steroid dienone is 2. The summed E-state index contributed by atoms with van der Waals surface area (Å²) in [5.74, 6) is 2.77. The predicted molar refractivity (Wildman–Crippen MR) is 145 cm³/mol. The lowest BCUT2D eigenvalue weighted by molar-refractivity contribution is -0.156. The molecule has 36 heavy (non-hydrogen) atoms. The third-order valence-corrected chi connectivity index (χ3v) is 13.1. The summed E-state index contributed by atoms with van der Waals surface area (Å²) in [6.45, 7) is 17.3. The molecule has 1 aromatic rings. The second-order valence-corrected chi connectivity index (χ2v) is 15.5. The van der Waals surface area contributed by atoms with E-state index in [4.69, 9.17) is 11.5 Å². The first kappa shape index (κ1) is 24.6. The first-order chi connectivity index (χ1) is 16.7. The number of nitrogen functional groups attached to an aromatic ring is 1. The van der Waals surface area contributed by atoms with E-state index >= 15 is 0 Å². The van der Waals surface area contributed by atoms with Gasteiger partial charge in [0.25, 0.3) is 0 Å². The molecule has 0 spiro atoms. The topological polar surface area (TPSA) is 97.8 Å². The van der Waals surface area contributed by atoms with E-state index in [1.807, 2.05) is 0 Å². The monoisotopic (exact) mass is 492 g/mol. The Morgan fingerprint density at radius 1 is 1.03 bits per heavy atom. The summed E-state index contributed by atoms with van der Waals surface area (Å²) in [4.78, 5) is 12.6. The van der Waals surface area contributed by atoms with E-state index in [9.17, 15) is 4.79 Å². The molecule has 1 amide bonds. The summed E-state index contributed by atoms with van der Waals surface area (Å²) < 4.78 is 0. The predicted octanol–water partition coefficient (Wildman–Crippen LogP) is 6.15. The highest BCUT2D eigenvalue weighted by Gasteiger charge is 2.67. The lowest BCUT2D eigenvalue weighted by Crippen LogP contribution is -2.64. The van der Waals surface area contributed by atoms with Crippen LogP contribution in [0.15, 0.2) is 11.6 Å². The molecule has 3 unspecified atom stereocenters. The van der Waals surface area contributed by atoms with E-state index in [1.165, 1.54) is 36.9 Å². The number of hydrogen-bond donors (Lipinski definition) is 3. The summed E-state index contributed by atoms with van der Waals surface area (Å²) >= 11 is 0. The first-order valence-corrected chi connectivity index (χ1v) is 14.5. The maximum atomic E-state index is 12.6. The van der Waals surface area contributed by atoms with Gasteiger partial charge in [0.05, 0.1) is 0 Å². The number of nitrogens with two attached hydrogens (primary N) is 2. The van der Waals surface area contributed by atoms with Gasteiger partial charge in [-0.25, -0.2) is 0 Å². The zero-order valence-corrected chi connectivity index (χ0v) is 23.6. The fourth-order valence-electron chi connectivity index (χ4n) is 11.3. The van der Waals surface area contributed by atoms with Crippen molar-refractivity contribution in [3.05, 3.63) is 22.9 Å². The molecule has 5 aliphatic rings. The fourth-order valence-corrected chi connectivity index (χ4v) is 11.3. The van der Waals surface area contributed by atoms with Crippen LogP contribution in [0.5, 0.6) is 0 Å². The quantitative estimate of drug-likeness (QED) is 0.410. The molecular formula is C31H48N4O. The minimum atomic E-state index is -0.0761. The second kappa shape index (κ2) is 7.20. The largest absolute Gasteiger partial charge is 0.382 e. The Hall–Kier alpha value is -1.78. The molecular weight excluding hydrogens is 444 g/mol. The van der Waals surface area contributed by atoms with Crippen LogP contribution in [0, 0.1) is 51.2 Å². The Balaban J connectivity index is 1.44. The molecule has 3 saturated carbocycles. The zero-order valence-electron chi connectivity index (χ0n) is 23.6. The van der Waals surface area contributed by atoms with Crippen molar-refractivity contribution < 1.29 is 4.79 Å².